The van der Waals surface area contributed by atoms with Gasteiger partial charge >= 0.3 is 0 Å². The van der Waals surface area contributed by atoms with Gasteiger partial charge in [-0.3, -0.25) is 4.90 Å². The third-order valence-electron chi connectivity index (χ3n) is 5.48. The monoisotopic (exact) mass is 493 g/mol. The Hall–Kier alpha value is -2.18. The minimum Gasteiger partial charge on any atom is -0.330 e. The Balaban J connectivity index is 1.39. The predicted octanol–water partition coefficient (Wildman–Crippen LogP) is 4.14. The number of nitrogens with zero attached hydrogens (tertiary/aromatic N) is 4. The summed E-state index contributed by atoms with van der Waals surface area (Å²) >= 11 is 6.86. The number of piperazine rings is 1. The highest BCUT2D eigenvalue weighted by molar-refractivity contribution is 7.89. The number of halogens is 1. The Morgan fingerprint density at radius 1 is 1.09 bits per heavy atom. The van der Waals surface area contributed by atoms with Crippen LogP contribution < -0.4 is 5.32 Å². The van der Waals surface area contributed by atoms with Gasteiger partial charge in [0.15, 0.2) is 3.95 Å². The van der Waals surface area contributed by atoms with Crippen LogP contribution in [0.2, 0.25) is 0 Å². The van der Waals surface area contributed by atoms with E-state index >= 15 is 0 Å². The van der Waals surface area contributed by atoms with Crippen molar-refractivity contribution in [3.63, 3.8) is 0 Å². The number of rotatable bonds is 6. The molecular formula is C21H24FN5O2S3. The molecule has 2 heterocycles. The summed E-state index contributed by atoms with van der Waals surface area (Å²) < 4.78 is 43.3. The summed E-state index contributed by atoms with van der Waals surface area (Å²) in [4.78, 5) is 1.81. The fourth-order valence-corrected chi connectivity index (χ4v) is 5.98. The van der Waals surface area contributed by atoms with Crippen molar-refractivity contribution < 1.29 is 12.8 Å². The lowest BCUT2D eigenvalue weighted by Gasteiger charge is -2.33. The number of benzene rings is 2. The minimum absolute atomic E-state index is 0.280. The number of aryl methyl sites for hydroxylation is 2. The van der Waals surface area contributed by atoms with Crippen LogP contribution in [-0.4, -0.2) is 53.6 Å². The van der Waals surface area contributed by atoms with E-state index in [1.54, 1.807) is 4.68 Å². The largest absolute Gasteiger partial charge is 0.330 e. The molecule has 1 aromatic heterocycles. The molecule has 0 radical (unpaired) electrons. The van der Waals surface area contributed by atoms with Gasteiger partial charge in [-0.2, -0.15) is 4.31 Å². The Labute approximate surface area is 196 Å². The van der Waals surface area contributed by atoms with Gasteiger partial charge in [-0.05, 0) is 61.5 Å². The van der Waals surface area contributed by atoms with Crippen LogP contribution in [0.5, 0.6) is 0 Å². The van der Waals surface area contributed by atoms with Gasteiger partial charge in [0.25, 0.3) is 0 Å². The number of hydrogen-bond donors (Lipinski definition) is 1. The van der Waals surface area contributed by atoms with Crippen LogP contribution in [0.3, 0.4) is 0 Å². The predicted molar refractivity (Wildman–Crippen MR) is 127 cm³/mol. The highest BCUT2D eigenvalue weighted by Gasteiger charge is 2.30. The molecule has 1 aliphatic heterocycles. The van der Waals surface area contributed by atoms with Crippen molar-refractivity contribution in [2.24, 2.45) is 0 Å². The van der Waals surface area contributed by atoms with Crippen LogP contribution in [0.4, 0.5) is 15.2 Å². The third-order valence-corrected chi connectivity index (χ3v) is 8.64. The number of sulfonamides is 1. The van der Waals surface area contributed by atoms with Gasteiger partial charge in [0, 0.05) is 31.9 Å². The quantitative estimate of drug-likeness (QED) is 0.521. The van der Waals surface area contributed by atoms with Gasteiger partial charge in [0.05, 0.1) is 6.67 Å². The van der Waals surface area contributed by atoms with Crippen LogP contribution in [0, 0.1) is 23.6 Å². The van der Waals surface area contributed by atoms with E-state index in [0.29, 0.717) is 28.8 Å². The maximum absolute atomic E-state index is 14.0. The van der Waals surface area contributed by atoms with Crippen LogP contribution >= 0.6 is 23.6 Å². The second-order valence-corrected chi connectivity index (χ2v) is 11.2. The van der Waals surface area contributed by atoms with Crippen molar-refractivity contribution in [3.8, 4) is 0 Å². The Bertz CT molecular complexity index is 1280. The van der Waals surface area contributed by atoms with E-state index in [9.17, 15) is 12.8 Å². The standard InChI is InChI=1S/C21H24FN5O2S3/c1-15-7-8-17(13-16(15)2)23-20-24-27(21(30)31-20)14-25-9-11-26(12-10-25)32(28,29)19-6-4-3-5-18(19)22/h3-8,13H,9-12,14H2,1-2H3,(H,23,24). The van der Waals surface area contributed by atoms with Crippen molar-refractivity contribution in [2.45, 2.75) is 25.4 Å². The van der Waals surface area contributed by atoms with Crippen molar-refractivity contribution in [1.82, 2.24) is 19.0 Å². The summed E-state index contributed by atoms with van der Waals surface area (Å²) in [7, 11) is -3.85. The Morgan fingerprint density at radius 3 is 2.50 bits per heavy atom. The molecule has 3 aromatic rings. The van der Waals surface area contributed by atoms with Crippen molar-refractivity contribution >= 4 is 44.4 Å². The molecule has 170 valence electrons. The molecule has 0 unspecified atom stereocenters. The fraction of sp³-hybridized carbons (Fsp3) is 0.333. The molecule has 1 aliphatic rings. The molecule has 0 atom stereocenters. The summed E-state index contributed by atoms with van der Waals surface area (Å²) in [6.45, 7) is 6.17. The lowest BCUT2D eigenvalue weighted by atomic mass is 10.1. The summed E-state index contributed by atoms with van der Waals surface area (Å²) in [6.07, 6.45) is 0. The van der Waals surface area contributed by atoms with E-state index in [1.165, 1.54) is 45.0 Å². The third kappa shape index (κ3) is 4.91. The maximum atomic E-state index is 14.0. The molecule has 0 saturated carbocycles. The zero-order valence-corrected chi connectivity index (χ0v) is 20.2. The molecule has 11 heteroatoms. The smallest absolute Gasteiger partial charge is 0.246 e. The van der Waals surface area contributed by atoms with Gasteiger partial charge in [-0.25, -0.2) is 17.5 Å². The van der Waals surface area contributed by atoms with E-state index in [4.69, 9.17) is 12.2 Å². The summed E-state index contributed by atoms with van der Waals surface area (Å²) in [5, 5.41) is 8.58. The molecule has 32 heavy (non-hydrogen) atoms. The van der Waals surface area contributed by atoms with Gasteiger partial charge in [0.2, 0.25) is 15.2 Å². The number of aromatic nitrogens is 2. The zero-order valence-electron chi connectivity index (χ0n) is 17.8. The lowest BCUT2D eigenvalue weighted by Crippen LogP contribution is -2.49. The van der Waals surface area contributed by atoms with Crippen molar-refractivity contribution in [1.29, 1.82) is 0 Å². The van der Waals surface area contributed by atoms with Crippen molar-refractivity contribution in [2.75, 3.05) is 31.5 Å². The summed E-state index contributed by atoms with van der Waals surface area (Å²) in [5.74, 6) is -0.729. The number of anilines is 2. The van der Waals surface area contributed by atoms with E-state index in [-0.39, 0.29) is 18.0 Å². The van der Waals surface area contributed by atoms with E-state index in [1.807, 2.05) is 6.07 Å². The first-order valence-electron chi connectivity index (χ1n) is 10.1. The van der Waals surface area contributed by atoms with Gasteiger partial charge in [0.1, 0.15) is 10.7 Å². The molecule has 1 fully saturated rings. The van der Waals surface area contributed by atoms with E-state index in [0.717, 1.165) is 11.8 Å². The van der Waals surface area contributed by atoms with Crippen LogP contribution in [0.15, 0.2) is 47.4 Å². The normalized spacial score (nSPS) is 15.7. The number of hydrogen-bond acceptors (Lipinski definition) is 7. The molecule has 7 nitrogen and oxygen atoms in total. The average Bonchev–Trinajstić information content (AvgIpc) is 3.10. The van der Waals surface area contributed by atoms with Crippen LogP contribution in [-0.2, 0) is 16.7 Å². The van der Waals surface area contributed by atoms with Crippen LogP contribution in [0.25, 0.3) is 0 Å². The molecule has 0 aliphatic carbocycles. The highest BCUT2D eigenvalue weighted by atomic mass is 32.2. The number of nitrogens with one attached hydrogen (secondary N) is 1. The average molecular weight is 494 g/mol. The van der Waals surface area contributed by atoms with E-state index < -0.39 is 15.8 Å². The molecule has 1 N–H and O–H groups in total. The Kier molecular flexibility index (Phi) is 6.72. The van der Waals surface area contributed by atoms with Gasteiger partial charge in [-0.15, -0.1) is 5.10 Å². The van der Waals surface area contributed by atoms with Gasteiger partial charge in [-0.1, -0.05) is 29.5 Å². The molecule has 0 spiro atoms. The molecule has 1 saturated heterocycles. The highest BCUT2D eigenvalue weighted by Crippen LogP contribution is 2.24. The van der Waals surface area contributed by atoms with Gasteiger partial charge < -0.3 is 5.32 Å². The second-order valence-electron chi connectivity index (χ2n) is 7.69. The molecule has 0 bridgehead atoms. The minimum atomic E-state index is -3.85. The SMILES string of the molecule is Cc1ccc(Nc2nn(CN3CCN(S(=O)(=O)c4ccccc4F)CC3)c(=S)s2)cc1C. The molecule has 2 aromatic carbocycles. The lowest BCUT2D eigenvalue weighted by molar-refractivity contribution is 0.145. The maximum Gasteiger partial charge on any atom is 0.246 e. The second kappa shape index (κ2) is 9.36. The van der Waals surface area contributed by atoms with E-state index in [2.05, 4.69) is 41.3 Å². The topological polar surface area (TPSA) is 70.5 Å². The molecule has 0 amide bonds. The summed E-state index contributed by atoms with van der Waals surface area (Å²) in [6, 6.07) is 11.6. The fourth-order valence-electron chi connectivity index (χ4n) is 3.48. The Morgan fingerprint density at radius 2 is 1.81 bits per heavy atom. The molecule has 4 rings (SSSR count). The first-order chi connectivity index (χ1) is 15.2. The van der Waals surface area contributed by atoms with Crippen molar-refractivity contribution in [3.05, 3.63) is 63.4 Å². The molecular weight excluding hydrogens is 469 g/mol. The first kappa shape index (κ1) is 23.0. The summed E-state index contributed by atoms with van der Waals surface area (Å²) in [5.41, 5.74) is 3.38. The van der Waals surface area contributed by atoms with Crippen LogP contribution in [0.1, 0.15) is 11.1 Å². The zero-order chi connectivity index (χ0) is 22.9. The first-order valence-corrected chi connectivity index (χ1v) is 12.8.